The van der Waals surface area contributed by atoms with Crippen LogP contribution in [0.1, 0.15) is 75.2 Å². The highest BCUT2D eigenvalue weighted by Crippen LogP contribution is 2.44. The lowest BCUT2D eigenvalue weighted by molar-refractivity contribution is 0.0802. The second-order valence-corrected chi connectivity index (χ2v) is 8.38. The van der Waals surface area contributed by atoms with E-state index in [0.717, 1.165) is 5.92 Å². The molecule has 0 heterocycles. The number of rotatable bonds is 2. The summed E-state index contributed by atoms with van der Waals surface area (Å²) in [6.45, 7) is 21.3. The van der Waals surface area contributed by atoms with E-state index in [2.05, 4.69) is 62.3 Å². The summed E-state index contributed by atoms with van der Waals surface area (Å²) in [5.74, 6) is 0.796. The second kappa shape index (κ2) is 4.47. The van der Waals surface area contributed by atoms with Gasteiger partial charge in [0.2, 0.25) is 0 Å². The van der Waals surface area contributed by atoms with Crippen LogP contribution >= 0.6 is 0 Å². The van der Waals surface area contributed by atoms with Gasteiger partial charge < -0.3 is 0 Å². The predicted octanol–water partition coefficient (Wildman–Crippen LogP) is 5.52. The Kier molecular flexibility index (Phi) is 4.47. The summed E-state index contributed by atoms with van der Waals surface area (Å²) >= 11 is 0. The van der Waals surface area contributed by atoms with Crippen molar-refractivity contribution in [1.82, 2.24) is 0 Å². The van der Waals surface area contributed by atoms with Gasteiger partial charge in [0.15, 0.2) is 0 Å². The number of hydrogen-bond donors (Lipinski definition) is 0. The van der Waals surface area contributed by atoms with E-state index in [4.69, 9.17) is 0 Å². The third-order valence-corrected chi connectivity index (χ3v) is 3.27. The van der Waals surface area contributed by atoms with Crippen molar-refractivity contribution in [3.8, 4) is 0 Å². The zero-order valence-electron chi connectivity index (χ0n) is 12.5. The summed E-state index contributed by atoms with van der Waals surface area (Å²) in [4.78, 5) is 0. The van der Waals surface area contributed by atoms with E-state index in [1.807, 2.05) is 0 Å². The van der Waals surface area contributed by atoms with E-state index in [1.54, 1.807) is 0 Å². The Labute approximate surface area is 97.8 Å². The van der Waals surface area contributed by atoms with Gasteiger partial charge in [-0.25, -0.2) is 0 Å². The van der Waals surface area contributed by atoms with Crippen LogP contribution in [-0.4, -0.2) is 0 Å². The summed E-state index contributed by atoms with van der Waals surface area (Å²) in [6.07, 6.45) is 2.67. The average molecular weight is 212 g/mol. The molecule has 0 radical (unpaired) electrons. The Balaban J connectivity index is 4.56. The van der Waals surface area contributed by atoms with Crippen molar-refractivity contribution in [2.24, 2.45) is 22.2 Å². The van der Waals surface area contributed by atoms with Crippen LogP contribution in [0.3, 0.4) is 0 Å². The minimum Gasteiger partial charge on any atom is -0.0602 e. The molecule has 0 fully saturated rings. The van der Waals surface area contributed by atoms with Crippen molar-refractivity contribution in [3.63, 3.8) is 0 Å². The van der Waals surface area contributed by atoms with Crippen LogP contribution in [0.4, 0.5) is 0 Å². The smallest absolute Gasteiger partial charge is 0.0316 e. The highest BCUT2D eigenvalue weighted by atomic mass is 14.4. The maximum absolute atomic E-state index is 2.38. The quantitative estimate of drug-likeness (QED) is 0.565. The molecular formula is C15H32. The molecule has 0 unspecified atom stereocenters. The molecule has 0 aromatic heterocycles. The third kappa shape index (κ3) is 6.22. The van der Waals surface area contributed by atoms with E-state index in [9.17, 15) is 0 Å². The van der Waals surface area contributed by atoms with Gasteiger partial charge in [0, 0.05) is 0 Å². The average Bonchev–Trinajstić information content (AvgIpc) is 1.75. The largest absolute Gasteiger partial charge is 0.0602 e. The third-order valence-electron chi connectivity index (χ3n) is 3.27. The van der Waals surface area contributed by atoms with Gasteiger partial charge in [-0.1, -0.05) is 62.3 Å². The highest BCUT2D eigenvalue weighted by Gasteiger charge is 2.34. The summed E-state index contributed by atoms with van der Waals surface area (Å²) in [5, 5.41) is 0. The molecule has 0 aliphatic heterocycles. The molecule has 0 aromatic carbocycles. The van der Waals surface area contributed by atoms with Crippen LogP contribution in [0.2, 0.25) is 0 Å². The molecule has 0 bridgehead atoms. The molecule has 0 aliphatic rings. The van der Waals surface area contributed by atoms with Gasteiger partial charge in [-0.05, 0) is 35.0 Å². The van der Waals surface area contributed by atoms with Crippen LogP contribution in [0.15, 0.2) is 0 Å². The van der Waals surface area contributed by atoms with Crippen molar-refractivity contribution in [3.05, 3.63) is 0 Å². The zero-order chi connectivity index (χ0) is 12.5. The molecule has 92 valence electrons. The van der Waals surface area contributed by atoms with Gasteiger partial charge in [0.05, 0.1) is 0 Å². The molecule has 0 saturated carbocycles. The Morgan fingerprint density at radius 1 is 0.667 bits per heavy atom. The molecule has 0 nitrogen and oxygen atoms in total. The van der Waals surface area contributed by atoms with E-state index < -0.39 is 0 Å². The van der Waals surface area contributed by atoms with Crippen molar-refractivity contribution < 1.29 is 0 Å². The van der Waals surface area contributed by atoms with Crippen molar-refractivity contribution in [2.45, 2.75) is 75.2 Å². The summed E-state index contributed by atoms with van der Waals surface area (Å²) < 4.78 is 0. The first-order valence-electron chi connectivity index (χ1n) is 6.34. The van der Waals surface area contributed by atoms with Crippen LogP contribution < -0.4 is 0 Å². The van der Waals surface area contributed by atoms with Crippen molar-refractivity contribution in [1.29, 1.82) is 0 Å². The lowest BCUT2D eigenvalue weighted by atomic mass is 9.63. The van der Waals surface area contributed by atoms with Crippen LogP contribution in [0, 0.1) is 22.2 Å². The van der Waals surface area contributed by atoms with Gasteiger partial charge in [-0.2, -0.15) is 0 Å². The molecule has 0 rings (SSSR count). The maximum Gasteiger partial charge on any atom is -0.0316 e. The Morgan fingerprint density at radius 3 is 1.20 bits per heavy atom. The van der Waals surface area contributed by atoms with Crippen LogP contribution in [0.25, 0.3) is 0 Å². The Morgan fingerprint density at radius 2 is 1.00 bits per heavy atom. The van der Waals surface area contributed by atoms with Crippen molar-refractivity contribution in [2.75, 3.05) is 0 Å². The van der Waals surface area contributed by atoms with Gasteiger partial charge in [0.1, 0.15) is 0 Å². The molecule has 0 spiro atoms. The van der Waals surface area contributed by atoms with Crippen LogP contribution in [-0.2, 0) is 0 Å². The summed E-state index contributed by atoms with van der Waals surface area (Å²) in [6, 6.07) is 0. The van der Waals surface area contributed by atoms with E-state index >= 15 is 0 Å². The second-order valence-electron chi connectivity index (χ2n) is 8.38. The van der Waals surface area contributed by atoms with E-state index in [-0.39, 0.29) is 0 Å². The zero-order valence-corrected chi connectivity index (χ0v) is 12.5. The first-order chi connectivity index (χ1) is 6.34. The minimum absolute atomic E-state index is 0.420. The first kappa shape index (κ1) is 15.0. The molecule has 0 heteroatoms. The lowest BCUT2D eigenvalue weighted by Crippen LogP contribution is -2.33. The normalized spacial score (nSPS) is 14.8. The first-order valence-corrected chi connectivity index (χ1v) is 6.34. The van der Waals surface area contributed by atoms with E-state index in [0.29, 0.717) is 16.2 Å². The highest BCUT2D eigenvalue weighted by molar-refractivity contribution is 4.84. The molecule has 0 saturated heterocycles. The molecule has 0 N–H and O–H groups in total. The molecule has 0 amide bonds. The molecule has 0 aliphatic carbocycles. The molecular weight excluding hydrogens is 180 g/mol. The number of hydrogen-bond acceptors (Lipinski definition) is 0. The van der Waals surface area contributed by atoms with Crippen LogP contribution in [0.5, 0.6) is 0 Å². The lowest BCUT2D eigenvalue weighted by Gasteiger charge is -2.42. The fourth-order valence-electron chi connectivity index (χ4n) is 2.74. The molecule has 0 atom stereocenters. The summed E-state index contributed by atoms with van der Waals surface area (Å²) in [7, 11) is 0. The van der Waals surface area contributed by atoms with Gasteiger partial charge in [0.25, 0.3) is 0 Å². The molecule has 0 aromatic rings. The fraction of sp³-hybridized carbons (Fsp3) is 1.00. The summed E-state index contributed by atoms with van der Waals surface area (Å²) in [5.41, 5.74) is 1.31. The van der Waals surface area contributed by atoms with Gasteiger partial charge >= 0.3 is 0 Å². The minimum atomic E-state index is 0.420. The Hall–Kier alpha value is 0. The van der Waals surface area contributed by atoms with Gasteiger partial charge in [-0.15, -0.1) is 0 Å². The van der Waals surface area contributed by atoms with E-state index in [1.165, 1.54) is 12.8 Å². The fourth-order valence-corrected chi connectivity index (χ4v) is 2.74. The standard InChI is InChI=1S/C15H32/c1-13(2,3)11-10-12(14(4,5)6)15(7,8)9/h12H,10-11H2,1-9H3. The SMILES string of the molecule is CC(C)(C)CCC(C(C)(C)C)C(C)(C)C. The van der Waals surface area contributed by atoms with Crippen molar-refractivity contribution >= 4 is 0 Å². The van der Waals surface area contributed by atoms with Gasteiger partial charge in [-0.3, -0.25) is 0 Å². The predicted molar refractivity (Wildman–Crippen MR) is 71.1 cm³/mol. The topological polar surface area (TPSA) is 0 Å². The maximum atomic E-state index is 2.38. The Bertz CT molecular complexity index is 166. The molecule has 15 heavy (non-hydrogen) atoms. The monoisotopic (exact) mass is 212 g/mol.